The van der Waals surface area contributed by atoms with E-state index in [0.29, 0.717) is 5.69 Å². The van der Waals surface area contributed by atoms with Gasteiger partial charge in [-0.25, -0.2) is 5.43 Å². The molecule has 3 N–H and O–H groups in total. The first kappa shape index (κ1) is 13.0. The maximum absolute atomic E-state index is 11.4. The van der Waals surface area contributed by atoms with Crippen molar-refractivity contribution in [2.45, 2.75) is 27.7 Å². The van der Waals surface area contributed by atoms with Gasteiger partial charge in [-0.3, -0.25) is 9.78 Å². The average molecular weight is 260 g/mol. The summed E-state index contributed by atoms with van der Waals surface area (Å²) in [5, 5.41) is 11.7. The maximum Gasteiger partial charge on any atom is 0.274 e. The molecule has 100 valence electrons. The van der Waals surface area contributed by atoms with Crippen LogP contribution in [0.4, 0.5) is 5.95 Å². The smallest absolute Gasteiger partial charge is 0.274 e. The number of nitrogens with one attached hydrogen (secondary N) is 3. The highest BCUT2D eigenvalue weighted by atomic mass is 16.1. The van der Waals surface area contributed by atoms with E-state index in [4.69, 9.17) is 0 Å². The van der Waals surface area contributed by atoms with Gasteiger partial charge in [-0.05, 0) is 33.3 Å². The van der Waals surface area contributed by atoms with E-state index in [1.54, 1.807) is 6.92 Å². The van der Waals surface area contributed by atoms with Gasteiger partial charge in [0.25, 0.3) is 5.56 Å². The molecule has 2 heterocycles. The lowest BCUT2D eigenvalue weighted by Crippen LogP contribution is -2.16. The van der Waals surface area contributed by atoms with E-state index in [2.05, 4.69) is 30.7 Å². The molecule has 0 bridgehead atoms. The molecule has 2 aromatic rings. The number of nitrogens with zero attached hydrogens (tertiary/aromatic N) is 3. The molecule has 0 radical (unpaired) electrons. The van der Waals surface area contributed by atoms with Gasteiger partial charge in [0, 0.05) is 17.5 Å². The number of aromatic nitrogens is 4. The molecule has 0 aliphatic heterocycles. The van der Waals surface area contributed by atoms with Crippen LogP contribution < -0.4 is 11.0 Å². The Labute approximate surface area is 110 Å². The standard InChI is InChI=1S/C12H16N6O/c1-6-5-13-7(2)10(6)8(3)15-17-12-14-11(19)9(4)16-18-12/h5,13H,1-4H3,(H2,14,17,18,19)/b15-8+. The number of hydrogen-bond acceptors (Lipinski definition) is 5. The number of anilines is 1. The zero-order valence-electron chi connectivity index (χ0n) is 11.3. The summed E-state index contributed by atoms with van der Waals surface area (Å²) in [5.41, 5.74) is 6.76. The molecule has 7 nitrogen and oxygen atoms in total. The van der Waals surface area contributed by atoms with Crippen molar-refractivity contribution >= 4 is 11.7 Å². The highest BCUT2D eigenvalue weighted by Crippen LogP contribution is 2.13. The van der Waals surface area contributed by atoms with Crippen molar-refractivity contribution in [3.05, 3.63) is 39.1 Å². The van der Waals surface area contributed by atoms with Crippen LogP contribution in [0.25, 0.3) is 0 Å². The molecule has 0 unspecified atom stereocenters. The molecular formula is C12H16N6O. The predicted molar refractivity (Wildman–Crippen MR) is 73.5 cm³/mol. The van der Waals surface area contributed by atoms with Crippen LogP contribution in [0, 0.1) is 20.8 Å². The number of hydrazone groups is 1. The molecule has 0 aliphatic carbocycles. The first-order valence-corrected chi connectivity index (χ1v) is 5.88. The molecule has 2 aromatic heterocycles. The van der Waals surface area contributed by atoms with Crippen molar-refractivity contribution in [3.8, 4) is 0 Å². The van der Waals surface area contributed by atoms with Crippen LogP contribution in [-0.4, -0.2) is 25.9 Å². The fraction of sp³-hybridized carbons (Fsp3) is 0.333. The van der Waals surface area contributed by atoms with Crippen LogP contribution in [0.15, 0.2) is 16.1 Å². The van der Waals surface area contributed by atoms with Gasteiger partial charge in [-0.1, -0.05) is 0 Å². The molecule has 7 heteroatoms. The molecule has 0 saturated heterocycles. The first-order chi connectivity index (χ1) is 8.99. The fourth-order valence-corrected chi connectivity index (χ4v) is 1.85. The van der Waals surface area contributed by atoms with Gasteiger partial charge in [-0.2, -0.15) is 5.10 Å². The second-order valence-electron chi connectivity index (χ2n) is 4.37. The molecule has 0 amide bonds. The summed E-state index contributed by atoms with van der Waals surface area (Å²) in [5.74, 6) is 0.223. The Morgan fingerprint density at radius 1 is 1.32 bits per heavy atom. The molecule has 0 spiro atoms. The van der Waals surface area contributed by atoms with Crippen molar-refractivity contribution in [1.29, 1.82) is 0 Å². The second-order valence-corrected chi connectivity index (χ2v) is 4.37. The van der Waals surface area contributed by atoms with Gasteiger partial charge in [-0.15, -0.1) is 10.2 Å². The van der Waals surface area contributed by atoms with Crippen LogP contribution in [0.1, 0.15) is 29.4 Å². The van der Waals surface area contributed by atoms with Crippen molar-refractivity contribution in [2.24, 2.45) is 5.10 Å². The highest BCUT2D eigenvalue weighted by molar-refractivity contribution is 6.01. The molecule has 0 fully saturated rings. The topological polar surface area (TPSA) is 98.8 Å². The predicted octanol–water partition coefficient (Wildman–Crippen LogP) is 1.25. The van der Waals surface area contributed by atoms with E-state index < -0.39 is 0 Å². The number of hydrogen-bond donors (Lipinski definition) is 3. The highest BCUT2D eigenvalue weighted by Gasteiger charge is 2.07. The third kappa shape index (κ3) is 2.70. The van der Waals surface area contributed by atoms with Crippen LogP contribution >= 0.6 is 0 Å². The van der Waals surface area contributed by atoms with E-state index in [1.807, 2.05) is 27.0 Å². The minimum atomic E-state index is -0.278. The lowest BCUT2D eigenvalue weighted by Gasteiger charge is -2.03. The van der Waals surface area contributed by atoms with Crippen LogP contribution in [0.5, 0.6) is 0 Å². The van der Waals surface area contributed by atoms with Crippen molar-refractivity contribution < 1.29 is 0 Å². The fourth-order valence-electron chi connectivity index (χ4n) is 1.85. The Bertz CT molecular complexity index is 662. The Balaban J connectivity index is 2.23. The SMILES string of the molecule is C/C(=N\Nc1nnc(C)c(=O)[nH]1)c1c(C)c[nH]c1C. The van der Waals surface area contributed by atoms with E-state index in [1.165, 1.54) is 0 Å². The Morgan fingerprint density at radius 3 is 2.63 bits per heavy atom. The van der Waals surface area contributed by atoms with Crippen molar-refractivity contribution in [1.82, 2.24) is 20.2 Å². The van der Waals surface area contributed by atoms with E-state index in [-0.39, 0.29) is 11.5 Å². The van der Waals surface area contributed by atoms with Crippen molar-refractivity contribution in [3.63, 3.8) is 0 Å². The van der Waals surface area contributed by atoms with Gasteiger partial charge < -0.3 is 4.98 Å². The van der Waals surface area contributed by atoms with Crippen LogP contribution in [0.3, 0.4) is 0 Å². The lowest BCUT2D eigenvalue weighted by atomic mass is 10.1. The Kier molecular flexibility index (Phi) is 3.46. The summed E-state index contributed by atoms with van der Waals surface area (Å²) in [6.45, 7) is 7.47. The third-order valence-corrected chi connectivity index (χ3v) is 2.83. The molecule has 2 rings (SSSR count). The Morgan fingerprint density at radius 2 is 2.05 bits per heavy atom. The number of aryl methyl sites for hydroxylation is 3. The van der Waals surface area contributed by atoms with E-state index >= 15 is 0 Å². The number of aromatic amines is 2. The molecule has 19 heavy (non-hydrogen) atoms. The number of rotatable bonds is 3. The Hall–Kier alpha value is -2.44. The zero-order valence-corrected chi connectivity index (χ0v) is 11.3. The van der Waals surface area contributed by atoms with Gasteiger partial charge in [0.2, 0.25) is 5.95 Å². The van der Waals surface area contributed by atoms with Gasteiger partial charge in [0.05, 0.1) is 5.71 Å². The minimum Gasteiger partial charge on any atom is -0.364 e. The van der Waals surface area contributed by atoms with E-state index in [0.717, 1.165) is 22.5 Å². The van der Waals surface area contributed by atoms with Crippen molar-refractivity contribution in [2.75, 3.05) is 5.43 Å². The van der Waals surface area contributed by atoms with Gasteiger partial charge >= 0.3 is 0 Å². The third-order valence-electron chi connectivity index (χ3n) is 2.83. The second kappa shape index (κ2) is 5.05. The molecule has 0 aromatic carbocycles. The van der Waals surface area contributed by atoms with Gasteiger partial charge in [0.15, 0.2) is 0 Å². The largest absolute Gasteiger partial charge is 0.364 e. The summed E-state index contributed by atoms with van der Waals surface area (Å²) in [6, 6.07) is 0. The molecule has 0 aliphatic rings. The maximum atomic E-state index is 11.4. The number of H-pyrrole nitrogens is 2. The monoisotopic (exact) mass is 260 g/mol. The normalized spacial score (nSPS) is 11.7. The van der Waals surface area contributed by atoms with Crippen LogP contribution in [0.2, 0.25) is 0 Å². The minimum absolute atomic E-state index is 0.223. The average Bonchev–Trinajstić information content (AvgIpc) is 2.70. The first-order valence-electron chi connectivity index (χ1n) is 5.88. The van der Waals surface area contributed by atoms with Crippen LogP contribution in [-0.2, 0) is 0 Å². The summed E-state index contributed by atoms with van der Waals surface area (Å²) in [7, 11) is 0. The molecule has 0 saturated carbocycles. The summed E-state index contributed by atoms with van der Waals surface area (Å²) >= 11 is 0. The molecule has 0 atom stereocenters. The summed E-state index contributed by atoms with van der Waals surface area (Å²) in [6.07, 6.45) is 1.93. The van der Waals surface area contributed by atoms with E-state index in [9.17, 15) is 4.79 Å². The van der Waals surface area contributed by atoms with Gasteiger partial charge in [0.1, 0.15) is 5.69 Å². The quantitative estimate of drug-likeness (QED) is 0.571. The lowest BCUT2D eigenvalue weighted by molar-refractivity contribution is 0.897. The molecular weight excluding hydrogens is 244 g/mol. The summed E-state index contributed by atoms with van der Waals surface area (Å²) < 4.78 is 0. The zero-order chi connectivity index (χ0) is 14.0. The summed E-state index contributed by atoms with van der Waals surface area (Å²) in [4.78, 5) is 17.1.